The lowest BCUT2D eigenvalue weighted by atomic mass is 10.1. The van der Waals surface area contributed by atoms with Gasteiger partial charge in [0, 0.05) is 37.5 Å². The predicted octanol–water partition coefficient (Wildman–Crippen LogP) is 0.389. The van der Waals surface area contributed by atoms with Gasteiger partial charge in [0.25, 0.3) is 0 Å². The molecule has 0 spiro atoms. The summed E-state index contributed by atoms with van der Waals surface area (Å²) in [6, 6.07) is 4.71. The predicted molar refractivity (Wildman–Crippen MR) is 74.4 cm³/mol. The molecule has 0 aromatic heterocycles. The molecule has 6 nitrogen and oxygen atoms in total. The summed E-state index contributed by atoms with van der Waals surface area (Å²) in [5.41, 5.74) is 6.94. The number of methoxy groups -OCH3 is 1. The Labute approximate surface area is 113 Å². The lowest BCUT2D eigenvalue weighted by Gasteiger charge is -2.20. The van der Waals surface area contributed by atoms with Gasteiger partial charge in [0.1, 0.15) is 0 Å². The van der Waals surface area contributed by atoms with Crippen LogP contribution in [0.5, 0.6) is 0 Å². The fourth-order valence-corrected chi connectivity index (χ4v) is 2.98. The Balaban J connectivity index is 2.24. The number of primary sulfonamides is 1. The highest BCUT2D eigenvalue weighted by Crippen LogP contribution is 2.28. The summed E-state index contributed by atoms with van der Waals surface area (Å²) in [6.45, 7) is 2.41. The lowest BCUT2D eigenvalue weighted by molar-refractivity contribution is 0.161. The van der Waals surface area contributed by atoms with Crippen LogP contribution in [0.1, 0.15) is 6.42 Å². The smallest absolute Gasteiger partial charge is 0.238 e. The number of nitrogens with two attached hydrogens (primary N) is 2. The van der Waals surface area contributed by atoms with Crippen molar-refractivity contribution in [3.63, 3.8) is 0 Å². The van der Waals surface area contributed by atoms with Gasteiger partial charge in [-0.15, -0.1) is 0 Å². The highest BCUT2D eigenvalue weighted by atomic mass is 32.2. The molecule has 0 saturated carbocycles. The Morgan fingerprint density at radius 2 is 2.16 bits per heavy atom. The van der Waals surface area contributed by atoms with E-state index in [0.717, 1.165) is 25.2 Å². The number of sulfonamides is 1. The van der Waals surface area contributed by atoms with Gasteiger partial charge < -0.3 is 15.4 Å². The third kappa shape index (κ3) is 3.37. The topological polar surface area (TPSA) is 98.7 Å². The van der Waals surface area contributed by atoms with Gasteiger partial charge in [-0.25, -0.2) is 13.6 Å². The second-order valence-electron chi connectivity index (χ2n) is 4.86. The average Bonchev–Trinajstić information content (AvgIpc) is 2.76. The van der Waals surface area contributed by atoms with Crippen molar-refractivity contribution in [2.75, 3.05) is 37.4 Å². The minimum Gasteiger partial charge on any atom is -0.399 e. The summed E-state index contributed by atoms with van der Waals surface area (Å²) < 4.78 is 27.9. The molecule has 1 fully saturated rings. The SMILES string of the molecule is COCC1CCN(c2cc(N)cc(S(N)(=O)=O)c2)C1. The van der Waals surface area contributed by atoms with Crippen LogP contribution in [-0.2, 0) is 14.8 Å². The van der Waals surface area contributed by atoms with Crippen molar-refractivity contribution in [1.82, 2.24) is 0 Å². The van der Waals surface area contributed by atoms with E-state index in [1.54, 1.807) is 19.2 Å². The molecule has 1 atom stereocenters. The first-order chi connectivity index (χ1) is 8.90. The number of anilines is 2. The van der Waals surface area contributed by atoms with Crippen LogP contribution in [0.3, 0.4) is 0 Å². The molecule has 1 aromatic rings. The maximum absolute atomic E-state index is 11.4. The summed E-state index contributed by atoms with van der Waals surface area (Å²) in [5.74, 6) is 0.462. The van der Waals surface area contributed by atoms with Crippen molar-refractivity contribution in [2.45, 2.75) is 11.3 Å². The fraction of sp³-hybridized carbons (Fsp3) is 0.500. The summed E-state index contributed by atoms with van der Waals surface area (Å²) in [7, 11) is -2.05. The van der Waals surface area contributed by atoms with E-state index >= 15 is 0 Å². The number of ether oxygens (including phenoxy) is 1. The van der Waals surface area contributed by atoms with Crippen molar-refractivity contribution in [3.8, 4) is 0 Å². The van der Waals surface area contributed by atoms with Gasteiger partial charge in [-0.2, -0.15) is 0 Å². The first kappa shape index (κ1) is 14.1. The molecule has 1 heterocycles. The molecule has 1 aliphatic rings. The number of nitrogen functional groups attached to an aromatic ring is 1. The average molecular weight is 285 g/mol. The second-order valence-corrected chi connectivity index (χ2v) is 6.42. The summed E-state index contributed by atoms with van der Waals surface area (Å²) in [4.78, 5) is 2.16. The third-order valence-electron chi connectivity index (χ3n) is 3.30. The Kier molecular flexibility index (Phi) is 3.98. The monoisotopic (exact) mass is 285 g/mol. The molecule has 1 saturated heterocycles. The first-order valence-electron chi connectivity index (χ1n) is 6.07. The zero-order valence-corrected chi connectivity index (χ0v) is 11.7. The van der Waals surface area contributed by atoms with Crippen LogP contribution in [0, 0.1) is 5.92 Å². The standard InChI is InChI=1S/C12H19N3O3S/c1-18-8-9-2-3-15(7-9)11-4-10(13)5-12(6-11)19(14,16)17/h4-6,9H,2-3,7-8,13H2,1H3,(H2,14,16,17). The molecular weight excluding hydrogens is 266 g/mol. The Bertz CT molecular complexity index is 559. The van der Waals surface area contributed by atoms with Crippen LogP contribution in [0.25, 0.3) is 0 Å². The van der Waals surface area contributed by atoms with E-state index in [9.17, 15) is 8.42 Å². The van der Waals surface area contributed by atoms with Gasteiger partial charge in [-0.05, 0) is 24.6 Å². The first-order valence-corrected chi connectivity index (χ1v) is 7.62. The highest BCUT2D eigenvalue weighted by molar-refractivity contribution is 7.89. The zero-order chi connectivity index (χ0) is 14.0. The van der Waals surface area contributed by atoms with Gasteiger partial charge in [-0.3, -0.25) is 0 Å². The number of hydrogen-bond donors (Lipinski definition) is 2. The fourth-order valence-electron chi connectivity index (χ4n) is 2.39. The highest BCUT2D eigenvalue weighted by Gasteiger charge is 2.23. The zero-order valence-electron chi connectivity index (χ0n) is 10.9. The number of nitrogens with zero attached hydrogens (tertiary/aromatic N) is 1. The van der Waals surface area contributed by atoms with Gasteiger partial charge in [-0.1, -0.05) is 0 Å². The van der Waals surface area contributed by atoms with Gasteiger partial charge in [0.2, 0.25) is 10.0 Å². The molecule has 0 amide bonds. The van der Waals surface area contributed by atoms with Crippen LogP contribution >= 0.6 is 0 Å². The molecule has 106 valence electrons. The summed E-state index contributed by atoms with van der Waals surface area (Å²) >= 11 is 0. The largest absolute Gasteiger partial charge is 0.399 e. The van der Waals surface area contributed by atoms with Crippen molar-refractivity contribution >= 4 is 21.4 Å². The van der Waals surface area contributed by atoms with E-state index in [-0.39, 0.29) is 4.90 Å². The quantitative estimate of drug-likeness (QED) is 0.780. The van der Waals surface area contributed by atoms with E-state index in [4.69, 9.17) is 15.6 Å². The number of benzene rings is 1. The van der Waals surface area contributed by atoms with Gasteiger partial charge in [0.05, 0.1) is 11.5 Å². The minimum absolute atomic E-state index is 0.0534. The van der Waals surface area contributed by atoms with Crippen LogP contribution in [0.4, 0.5) is 11.4 Å². The molecule has 0 radical (unpaired) electrons. The Morgan fingerprint density at radius 3 is 2.79 bits per heavy atom. The molecule has 19 heavy (non-hydrogen) atoms. The molecule has 4 N–H and O–H groups in total. The third-order valence-corrected chi connectivity index (χ3v) is 4.19. The van der Waals surface area contributed by atoms with Crippen molar-refractivity contribution in [3.05, 3.63) is 18.2 Å². The van der Waals surface area contributed by atoms with Crippen LogP contribution in [0.2, 0.25) is 0 Å². The van der Waals surface area contributed by atoms with Crippen LogP contribution in [-0.4, -0.2) is 35.2 Å². The molecule has 0 bridgehead atoms. The second kappa shape index (κ2) is 5.36. The molecule has 7 heteroatoms. The normalized spacial score (nSPS) is 19.9. The van der Waals surface area contributed by atoms with Crippen LogP contribution in [0.15, 0.2) is 23.1 Å². The Hall–Kier alpha value is -1.31. The van der Waals surface area contributed by atoms with Gasteiger partial charge in [0.15, 0.2) is 0 Å². The van der Waals surface area contributed by atoms with E-state index < -0.39 is 10.0 Å². The van der Waals surface area contributed by atoms with Crippen molar-refractivity contribution in [2.24, 2.45) is 11.1 Å². The molecule has 1 aliphatic heterocycles. The summed E-state index contributed by atoms with van der Waals surface area (Å²) in [6.07, 6.45) is 1.02. The number of rotatable bonds is 4. The molecule has 1 unspecified atom stereocenters. The minimum atomic E-state index is -3.73. The van der Waals surface area contributed by atoms with Gasteiger partial charge >= 0.3 is 0 Å². The van der Waals surface area contributed by atoms with E-state index in [0.29, 0.717) is 18.2 Å². The molecule has 2 rings (SSSR count). The Morgan fingerprint density at radius 1 is 1.42 bits per heavy atom. The molecule has 1 aromatic carbocycles. The van der Waals surface area contributed by atoms with Crippen LogP contribution < -0.4 is 15.8 Å². The molecule has 0 aliphatic carbocycles. The van der Waals surface area contributed by atoms with E-state index in [1.165, 1.54) is 6.07 Å². The van der Waals surface area contributed by atoms with E-state index in [1.807, 2.05) is 0 Å². The summed E-state index contributed by atoms with van der Waals surface area (Å²) in [5, 5.41) is 5.15. The van der Waals surface area contributed by atoms with Crippen molar-refractivity contribution < 1.29 is 13.2 Å². The van der Waals surface area contributed by atoms with Crippen molar-refractivity contribution in [1.29, 1.82) is 0 Å². The lowest BCUT2D eigenvalue weighted by Crippen LogP contribution is -2.22. The van der Waals surface area contributed by atoms with E-state index in [2.05, 4.69) is 4.90 Å². The number of hydrogen-bond acceptors (Lipinski definition) is 5. The maximum atomic E-state index is 11.4. The molecular formula is C12H19N3O3S. The maximum Gasteiger partial charge on any atom is 0.238 e.